The molecular formula is C12H13BrIN3. The van der Waals surface area contributed by atoms with Crippen LogP contribution < -0.4 is 5.32 Å². The van der Waals surface area contributed by atoms with Gasteiger partial charge in [0.2, 0.25) is 0 Å². The summed E-state index contributed by atoms with van der Waals surface area (Å²) in [6.45, 7) is 2.76. The van der Waals surface area contributed by atoms with Crippen molar-refractivity contribution in [3.05, 3.63) is 43.7 Å². The monoisotopic (exact) mass is 405 g/mol. The van der Waals surface area contributed by atoms with E-state index < -0.39 is 0 Å². The number of benzene rings is 1. The Hall–Kier alpha value is -0.560. The predicted octanol–water partition coefficient (Wildman–Crippen LogP) is 3.71. The molecule has 2 rings (SSSR count). The van der Waals surface area contributed by atoms with E-state index in [-0.39, 0.29) is 0 Å². The maximum Gasteiger partial charge on any atom is 0.0739 e. The number of rotatable bonds is 3. The van der Waals surface area contributed by atoms with E-state index in [1.807, 2.05) is 30.8 Å². The molecule has 5 heteroatoms. The lowest BCUT2D eigenvalue weighted by atomic mass is 10.3. The first-order chi connectivity index (χ1) is 8.09. The molecule has 0 aliphatic heterocycles. The van der Waals surface area contributed by atoms with Crippen LogP contribution in [0.1, 0.15) is 11.4 Å². The summed E-state index contributed by atoms with van der Waals surface area (Å²) in [6.07, 6.45) is 0. The van der Waals surface area contributed by atoms with Crippen LogP contribution in [-0.4, -0.2) is 9.78 Å². The van der Waals surface area contributed by atoms with Crippen molar-refractivity contribution >= 4 is 44.2 Å². The summed E-state index contributed by atoms with van der Waals surface area (Å²) in [5, 5.41) is 7.80. The summed E-state index contributed by atoms with van der Waals surface area (Å²) in [4.78, 5) is 0. The molecule has 2 aromatic rings. The Morgan fingerprint density at radius 1 is 1.41 bits per heavy atom. The number of anilines is 1. The molecule has 0 radical (unpaired) electrons. The van der Waals surface area contributed by atoms with Gasteiger partial charge < -0.3 is 5.32 Å². The van der Waals surface area contributed by atoms with Crippen molar-refractivity contribution in [3.8, 4) is 0 Å². The topological polar surface area (TPSA) is 29.9 Å². The largest absolute Gasteiger partial charge is 0.379 e. The van der Waals surface area contributed by atoms with Crippen molar-refractivity contribution < 1.29 is 0 Å². The third-order valence-corrected chi connectivity index (χ3v) is 4.55. The molecule has 0 aliphatic rings. The van der Waals surface area contributed by atoms with Crippen molar-refractivity contribution in [2.45, 2.75) is 13.5 Å². The minimum absolute atomic E-state index is 0.762. The lowest BCUT2D eigenvalue weighted by Crippen LogP contribution is -2.06. The van der Waals surface area contributed by atoms with Gasteiger partial charge >= 0.3 is 0 Å². The third-order valence-electron chi connectivity index (χ3n) is 2.58. The molecule has 0 saturated carbocycles. The quantitative estimate of drug-likeness (QED) is 0.789. The Labute approximate surface area is 123 Å². The molecule has 0 atom stereocenters. The fourth-order valence-electron chi connectivity index (χ4n) is 1.66. The second kappa shape index (κ2) is 5.39. The van der Waals surface area contributed by atoms with Gasteiger partial charge in [-0.2, -0.15) is 5.10 Å². The summed E-state index contributed by atoms with van der Waals surface area (Å²) in [5.41, 5.74) is 3.33. The van der Waals surface area contributed by atoms with Crippen LogP contribution in [0.5, 0.6) is 0 Å². The molecule has 0 amide bonds. The van der Waals surface area contributed by atoms with Gasteiger partial charge in [-0.1, -0.05) is 12.1 Å². The summed E-state index contributed by atoms with van der Waals surface area (Å²) in [6, 6.07) is 8.25. The molecule has 0 saturated heterocycles. The predicted molar refractivity (Wildman–Crippen MR) is 82.1 cm³/mol. The van der Waals surface area contributed by atoms with Crippen molar-refractivity contribution in [2.24, 2.45) is 7.05 Å². The minimum atomic E-state index is 0.762. The van der Waals surface area contributed by atoms with E-state index in [0.717, 1.165) is 28.1 Å². The highest BCUT2D eigenvalue weighted by Crippen LogP contribution is 2.23. The Morgan fingerprint density at radius 3 is 2.71 bits per heavy atom. The number of nitrogens with one attached hydrogen (secondary N) is 1. The average Bonchev–Trinajstić information content (AvgIpc) is 2.53. The van der Waals surface area contributed by atoms with Crippen molar-refractivity contribution in [2.75, 3.05) is 5.32 Å². The summed E-state index contributed by atoms with van der Waals surface area (Å²) >= 11 is 5.90. The molecule has 3 nitrogen and oxygen atoms in total. The van der Waals surface area contributed by atoms with E-state index in [2.05, 4.69) is 61.1 Å². The van der Waals surface area contributed by atoms with Crippen LogP contribution in [0.2, 0.25) is 0 Å². The summed E-state index contributed by atoms with van der Waals surface area (Å²) < 4.78 is 4.21. The molecule has 1 N–H and O–H groups in total. The molecule has 0 bridgehead atoms. The molecule has 0 spiro atoms. The van der Waals surface area contributed by atoms with Crippen LogP contribution in [0.3, 0.4) is 0 Å². The van der Waals surface area contributed by atoms with Crippen molar-refractivity contribution in [3.63, 3.8) is 0 Å². The van der Waals surface area contributed by atoms with E-state index in [9.17, 15) is 0 Å². The van der Waals surface area contributed by atoms with Crippen LogP contribution in [0.15, 0.2) is 28.7 Å². The summed E-state index contributed by atoms with van der Waals surface area (Å²) in [5.74, 6) is 0. The number of aromatic nitrogens is 2. The fourth-order valence-corrected chi connectivity index (χ4v) is 2.71. The van der Waals surface area contributed by atoms with E-state index in [1.54, 1.807) is 0 Å². The Morgan fingerprint density at radius 2 is 2.12 bits per heavy atom. The SMILES string of the molecule is Cc1nn(C)c(CNc2ccccc2I)c1Br. The average molecular weight is 406 g/mol. The lowest BCUT2D eigenvalue weighted by molar-refractivity contribution is 0.712. The normalized spacial score (nSPS) is 10.6. The minimum Gasteiger partial charge on any atom is -0.379 e. The van der Waals surface area contributed by atoms with Gasteiger partial charge in [0.05, 0.1) is 22.4 Å². The molecule has 1 aromatic heterocycles. The van der Waals surface area contributed by atoms with Gasteiger partial charge in [0.25, 0.3) is 0 Å². The van der Waals surface area contributed by atoms with E-state index in [1.165, 1.54) is 3.57 Å². The molecule has 0 aliphatic carbocycles. The third kappa shape index (κ3) is 2.82. The fraction of sp³-hybridized carbons (Fsp3) is 0.250. The standard InChI is InChI=1S/C12H13BrIN3/c1-8-12(13)11(17(2)16-8)7-15-10-6-4-3-5-9(10)14/h3-6,15H,7H2,1-2H3. The highest BCUT2D eigenvalue weighted by Gasteiger charge is 2.10. The van der Waals surface area contributed by atoms with Gasteiger partial charge in [-0.05, 0) is 57.6 Å². The molecule has 1 aromatic carbocycles. The zero-order chi connectivity index (χ0) is 12.4. The summed E-state index contributed by atoms with van der Waals surface area (Å²) in [7, 11) is 1.96. The van der Waals surface area contributed by atoms with Gasteiger partial charge in [0.15, 0.2) is 0 Å². The van der Waals surface area contributed by atoms with E-state index >= 15 is 0 Å². The van der Waals surface area contributed by atoms with Crippen molar-refractivity contribution in [1.29, 1.82) is 0 Å². The van der Waals surface area contributed by atoms with Gasteiger partial charge in [-0.15, -0.1) is 0 Å². The van der Waals surface area contributed by atoms with E-state index in [0.29, 0.717) is 0 Å². The van der Waals surface area contributed by atoms with Crippen LogP contribution in [0, 0.1) is 10.5 Å². The maximum absolute atomic E-state index is 4.37. The Bertz CT molecular complexity index is 537. The van der Waals surface area contributed by atoms with Crippen LogP contribution in [0.25, 0.3) is 0 Å². The van der Waals surface area contributed by atoms with Gasteiger partial charge in [-0.25, -0.2) is 0 Å². The molecule has 17 heavy (non-hydrogen) atoms. The number of nitrogens with zero attached hydrogens (tertiary/aromatic N) is 2. The molecule has 90 valence electrons. The Kier molecular flexibility index (Phi) is 4.09. The van der Waals surface area contributed by atoms with Gasteiger partial charge in [-0.3, -0.25) is 4.68 Å². The van der Waals surface area contributed by atoms with Crippen LogP contribution in [0.4, 0.5) is 5.69 Å². The highest BCUT2D eigenvalue weighted by atomic mass is 127. The molecule has 1 heterocycles. The van der Waals surface area contributed by atoms with Crippen LogP contribution >= 0.6 is 38.5 Å². The second-order valence-corrected chi connectivity index (χ2v) is 5.76. The molecule has 0 fully saturated rings. The maximum atomic E-state index is 4.37. The zero-order valence-electron chi connectivity index (χ0n) is 9.67. The van der Waals surface area contributed by atoms with E-state index in [4.69, 9.17) is 0 Å². The first kappa shape index (κ1) is 12.9. The highest BCUT2D eigenvalue weighted by molar-refractivity contribution is 14.1. The van der Waals surface area contributed by atoms with Gasteiger partial charge in [0.1, 0.15) is 0 Å². The van der Waals surface area contributed by atoms with Crippen LogP contribution in [-0.2, 0) is 13.6 Å². The van der Waals surface area contributed by atoms with Gasteiger partial charge in [0, 0.05) is 16.3 Å². The second-order valence-electron chi connectivity index (χ2n) is 3.80. The smallest absolute Gasteiger partial charge is 0.0739 e. The first-order valence-electron chi connectivity index (χ1n) is 5.26. The molecule has 0 unspecified atom stereocenters. The lowest BCUT2D eigenvalue weighted by Gasteiger charge is -2.09. The Balaban J connectivity index is 2.15. The van der Waals surface area contributed by atoms with Crippen molar-refractivity contribution in [1.82, 2.24) is 9.78 Å². The molecular weight excluding hydrogens is 393 g/mol. The number of para-hydroxylation sites is 1. The number of aryl methyl sites for hydroxylation is 2. The first-order valence-corrected chi connectivity index (χ1v) is 7.13. The number of halogens is 2. The number of hydrogen-bond acceptors (Lipinski definition) is 2. The zero-order valence-corrected chi connectivity index (χ0v) is 13.4. The number of hydrogen-bond donors (Lipinski definition) is 1.